The lowest BCUT2D eigenvalue weighted by atomic mass is 10.0. The third-order valence-corrected chi connectivity index (χ3v) is 5.55. The van der Waals surface area contributed by atoms with Crippen LogP contribution < -0.4 is 5.73 Å². The number of benzene rings is 1. The van der Waals surface area contributed by atoms with Crippen molar-refractivity contribution in [2.24, 2.45) is 0 Å². The van der Waals surface area contributed by atoms with Crippen molar-refractivity contribution in [3.05, 3.63) is 48.3 Å². The van der Waals surface area contributed by atoms with Crippen molar-refractivity contribution < 1.29 is 0 Å². The molecule has 0 bridgehead atoms. The molecule has 92 valence electrons. The lowest BCUT2D eigenvalue weighted by Gasteiger charge is -2.11. The fourth-order valence-corrected chi connectivity index (χ4v) is 4.54. The van der Waals surface area contributed by atoms with Crippen molar-refractivity contribution in [1.29, 1.82) is 0 Å². The molecule has 2 aromatic rings. The van der Waals surface area contributed by atoms with Crippen LogP contribution in [0.4, 0.5) is 5.69 Å². The van der Waals surface area contributed by atoms with E-state index in [9.17, 15) is 0 Å². The number of pyridine rings is 1. The Balaban J connectivity index is 1.71. The number of hydrogen-bond acceptors (Lipinski definition) is 4. The second kappa shape index (κ2) is 5.24. The van der Waals surface area contributed by atoms with Gasteiger partial charge in [-0.3, -0.25) is 4.98 Å². The number of rotatable bonds is 3. The quantitative estimate of drug-likeness (QED) is 0.867. The van der Waals surface area contributed by atoms with E-state index in [1.54, 1.807) is 12.4 Å². The molecule has 0 saturated carbocycles. The molecule has 0 radical (unpaired) electrons. The minimum atomic E-state index is 0.628. The molecule has 3 rings (SSSR count). The van der Waals surface area contributed by atoms with Crippen molar-refractivity contribution in [2.75, 3.05) is 17.2 Å². The van der Waals surface area contributed by atoms with Gasteiger partial charge in [-0.05, 0) is 17.7 Å². The maximum atomic E-state index is 5.91. The zero-order valence-electron chi connectivity index (χ0n) is 9.87. The van der Waals surface area contributed by atoms with Gasteiger partial charge in [0, 0.05) is 33.4 Å². The molecule has 0 spiro atoms. The zero-order valence-corrected chi connectivity index (χ0v) is 11.5. The molecule has 2 heterocycles. The van der Waals surface area contributed by atoms with Crippen LogP contribution in [-0.2, 0) is 0 Å². The summed E-state index contributed by atoms with van der Waals surface area (Å²) in [6, 6.07) is 10.7. The number of nitrogens with zero attached hydrogens (tertiary/aromatic N) is 1. The number of thioether (sulfide) groups is 2. The largest absolute Gasteiger partial charge is 0.397 e. The predicted octanol–water partition coefficient (Wildman–Crippen LogP) is 3.65. The normalized spacial score (nSPS) is 17.7. The number of nitrogen functional groups attached to an aromatic ring is 1. The van der Waals surface area contributed by atoms with Crippen LogP contribution in [0, 0.1) is 0 Å². The van der Waals surface area contributed by atoms with Crippen LogP contribution in [0.1, 0.15) is 11.5 Å². The van der Waals surface area contributed by atoms with Crippen molar-refractivity contribution in [2.45, 2.75) is 15.7 Å². The molecule has 0 fully saturated rings. The molecule has 18 heavy (non-hydrogen) atoms. The summed E-state index contributed by atoms with van der Waals surface area (Å²) < 4.78 is 0. The van der Waals surface area contributed by atoms with Gasteiger partial charge in [0.2, 0.25) is 0 Å². The molecule has 0 amide bonds. The molecular formula is C14H14N2S2. The minimum Gasteiger partial charge on any atom is -0.397 e. The van der Waals surface area contributed by atoms with Crippen molar-refractivity contribution in [3.8, 4) is 0 Å². The maximum Gasteiger partial charge on any atom is 0.0638 e. The van der Waals surface area contributed by atoms with E-state index in [1.807, 2.05) is 29.6 Å². The molecule has 1 aromatic carbocycles. The van der Waals surface area contributed by atoms with Gasteiger partial charge in [0.15, 0.2) is 0 Å². The maximum absolute atomic E-state index is 5.91. The predicted molar refractivity (Wildman–Crippen MR) is 79.3 cm³/mol. The molecule has 2 N–H and O–H groups in total. The first kappa shape index (κ1) is 11.9. The number of aromatic nitrogens is 1. The Morgan fingerprint density at radius 1 is 1.33 bits per heavy atom. The van der Waals surface area contributed by atoms with E-state index < -0.39 is 0 Å². The van der Waals surface area contributed by atoms with E-state index in [-0.39, 0.29) is 0 Å². The van der Waals surface area contributed by atoms with E-state index in [4.69, 9.17) is 5.73 Å². The van der Waals surface area contributed by atoms with Gasteiger partial charge < -0.3 is 5.73 Å². The molecule has 4 heteroatoms. The molecule has 1 atom stereocenters. The number of anilines is 1. The standard InChI is InChI=1S/C14H14N2S2/c15-12-7-16-6-5-14(12)18-9-10-8-17-13-4-2-1-3-11(10)13/h1-7,10H,8-9,15H2. The van der Waals surface area contributed by atoms with Gasteiger partial charge >= 0.3 is 0 Å². The first-order valence-electron chi connectivity index (χ1n) is 5.88. The molecule has 0 saturated heterocycles. The molecule has 0 aliphatic carbocycles. The van der Waals surface area contributed by atoms with Gasteiger partial charge in [0.05, 0.1) is 11.9 Å². The average Bonchev–Trinajstić information content (AvgIpc) is 2.81. The Morgan fingerprint density at radius 2 is 2.22 bits per heavy atom. The zero-order chi connectivity index (χ0) is 12.4. The van der Waals surface area contributed by atoms with E-state index in [0.717, 1.165) is 16.3 Å². The third kappa shape index (κ3) is 2.35. The van der Waals surface area contributed by atoms with Gasteiger partial charge in [-0.2, -0.15) is 0 Å². The van der Waals surface area contributed by atoms with Gasteiger partial charge in [0.25, 0.3) is 0 Å². The van der Waals surface area contributed by atoms with Crippen molar-refractivity contribution in [3.63, 3.8) is 0 Å². The summed E-state index contributed by atoms with van der Waals surface area (Å²) >= 11 is 3.79. The summed E-state index contributed by atoms with van der Waals surface area (Å²) in [5, 5.41) is 0. The molecule has 1 aliphatic heterocycles. The Morgan fingerprint density at radius 3 is 3.11 bits per heavy atom. The van der Waals surface area contributed by atoms with Gasteiger partial charge in [0.1, 0.15) is 0 Å². The summed E-state index contributed by atoms with van der Waals surface area (Å²) in [4.78, 5) is 6.59. The molecule has 1 aliphatic rings. The fourth-order valence-electron chi connectivity index (χ4n) is 2.08. The Bertz CT molecular complexity index is 557. The number of fused-ring (bicyclic) bond motifs is 1. The SMILES string of the molecule is Nc1cnccc1SCC1CSc2ccccc21. The van der Waals surface area contributed by atoms with Gasteiger partial charge in [-0.25, -0.2) is 0 Å². The summed E-state index contributed by atoms with van der Waals surface area (Å²) in [5.41, 5.74) is 8.18. The third-order valence-electron chi connectivity index (χ3n) is 3.05. The van der Waals surface area contributed by atoms with E-state index in [1.165, 1.54) is 16.2 Å². The van der Waals surface area contributed by atoms with Crippen LogP contribution in [0.3, 0.4) is 0 Å². The lowest BCUT2D eigenvalue weighted by Crippen LogP contribution is -2.00. The monoisotopic (exact) mass is 274 g/mol. The van der Waals surface area contributed by atoms with E-state index in [2.05, 4.69) is 29.2 Å². The molecule has 1 aromatic heterocycles. The fraction of sp³-hybridized carbons (Fsp3) is 0.214. The smallest absolute Gasteiger partial charge is 0.0638 e. The topological polar surface area (TPSA) is 38.9 Å². The summed E-state index contributed by atoms with van der Waals surface area (Å²) in [6.07, 6.45) is 3.52. The van der Waals surface area contributed by atoms with Crippen molar-refractivity contribution in [1.82, 2.24) is 4.98 Å². The highest BCUT2D eigenvalue weighted by molar-refractivity contribution is 8.00. The molecular weight excluding hydrogens is 260 g/mol. The van der Waals surface area contributed by atoms with Gasteiger partial charge in [-0.1, -0.05) is 18.2 Å². The Labute approximate surface area is 115 Å². The van der Waals surface area contributed by atoms with Gasteiger partial charge in [-0.15, -0.1) is 23.5 Å². The summed E-state index contributed by atoms with van der Waals surface area (Å²) in [6.45, 7) is 0. The highest BCUT2D eigenvalue weighted by atomic mass is 32.2. The highest BCUT2D eigenvalue weighted by Crippen LogP contribution is 2.42. The summed E-state index contributed by atoms with van der Waals surface area (Å²) in [5.74, 6) is 2.89. The van der Waals surface area contributed by atoms with Crippen LogP contribution in [0.15, 0.2) is 52.5 Å². The average molecular weight is 274 g/mol. The number of hydrogen-bond donors (Lipinski definition) is 1. The van der Waals surface area contributed by atoms with Crippen LogP contribution in [0.2, 0.25) is 0 Å². The Kier molecular flexibility index (Phi) is 3.48. The van der Waals surface area contributed by atoms with E-state index in [0.29, 0.717) is 5.92 Å². The first-order chi connectivity index (χ1) is 8.84. The number of nitrogens with two attached hydrogens (primary N) is 1. The van der Waals surface area contributed by atoms with Crippen LogP contribution in [0.25, 0.3) is 0 Å². The highest BCUT2D eigenvalue weighted by Gasteiger charge is 2.22. The first-order valence-corrected chi connectivity index (χ1v) is 7.86. The Hall–Kier alpha value is -1.13. The van der Waals surface area contributed by atoms with Crippen LogP contribution in [-0.4, -0.2) is 16.5 Å². The summed E-state index contributed by atoms with van der Waals surface area (Å²) in [7, 11) is 0. The van der Waals surface area contributed by atoms with Crippen molar-refractivity contribution >= 4 is 29.2 Å². The van der Waals surface area contributed by atoms with Crippen LogP contribution >= 0.6 is 23.5 Å². The second-order valence-corrected chi connectivity index (χ2v) is 6.39. The van der Waals surface area contributed by atoms with E-state index >= 15 is 0 Å². The lowest BCUT2D eigenvalue weighted by molar-refractivity contribution is 0.896. The van der Waals surface area contributed by atoms with Crippen LogP contribution in [0.5, 0.6) is 0 Å². The minimum absolute atomic E-state index is 0.628. The molecule has 2 nitrogen and oxygen atoms in total. The second-order valence-electron chi connectivity index (χ2n) is 4.27. The molecule has 1 unspecified atom stereocenters.